The lowest BCUT2D eigenvalue weighted by molar-refractivity contribution is -0.147. The number of para-hydroxylation sites is 1. The normalized spacial score (nSPS) is 10.2. The molecule has 0 atom stereocenters. The molecule has 0 saturated carbocycles. The third kappa shape index (κ3) is 5.17. The lowest BCUT2D eigenvalue weighted by Gasteiger charge is -2.11. The van der Waals surface area contributed by atoms with Crippen LogP contribution in [0.1, 0.15) is 24.3 Å². The van der Waals surface area contributed by atoms with Gasteiger partial charge >= 0.3 is 17.9 Å². The zero-order valence-electron chi connectivity index (χ0n) is 14.5. The Morgan fingerprint density at radius 2 is 1.58 bits per heavy atom. The third-order valence-corrected chi connectivity index (χ3v) is 3.16. The van der Waals surface area contributed by atoms with E-state index in [1.165, 1.54) is 6.07 Å². The molecule has 1 aromatic carbocycles. The Labute approximate surface area is 150 Å². The minimum absolute atomic E-state index is 0.0492. The highest BCUT2D eigenvalue weighted by molar-refractivity contribution is 5.94. The van der Waals surface area contributed by atoms with Crippen LogP contribution >= 0.6 is 0 Å². The van der Waals surface area contributed by atoms with Crippen LogP contribution in [-0.2, 0) is 23.8 Å². The molecule has 0 N–H and O–H groups in total. The zero-order chi connectivity index (χ0) is 18.9. The lowest BCUT2D eigenvalue weighted by atomic mass is 10.2. The second-order valence-corrected chi connectivity index (χ2v) is 5.00. The van der Waals surface area contributed by atoms with E-state index in [-0.39, 0.29) is 31.3 Å². The van der Waals surface area contributed by atoms with E-state index in [9.17, 15) is 14.4 Å². The van der Waals surface area contributed by atoms with Crippen molar-refractivity contribution in [3.63, 3.8) is 0 Å². The number of hydrogen-bond donors (Lipinski definition) is 0. The molecule has 0 unspecified atom stereocenters. The second-order valence-electron chi connectivity index (χ2n) is 5.00. The topological polar surface area (TPSA) is 101 Å². The number of aromatic nitrogens is 1. The third-order valence-electron chi connectivity index (χ3n) is 3.16. The molecule has 0 fully saturated rings. The van der Waals surface area contributed by atoms with Gasteiger partial charge in [-0.05, 0) is 26.0 Å². The van der Waals surface area contributed by atoms with Crippen LogP contribution in [0.3, 0.4) is 0 Å². The van der Waals surface area contributed by atoms with Crippen molar-refractivity contribution in [2.45, 2.75) is 13.8 Å². The Balaban J connectivity index is 2.20. The van der Waals surface area contributed by atoms with E-state index in [1.807, 2.05) is 0 Å². The summed E-state index contributed by atoms with van der Waals surface area (Å²) in [5.74, 6) is -1.70. The lowest BCUT2D eigenvalue weighted by Crippen LogP contribution is -2.18. The fourth-order valence-electron chi connectivity index (χ4n) is 2.11. The Morgan fingerprint density at radius 1 is 0.923 bits per heavy atom. The zero-order valence-corrected chi connectivity index (χ0v) is 14.5. The van der Waals surface area contributed by atoms with Gasteiger partial charge in [-0.2, -0.15) is 0 Å². The van der Waals surface area contributed by atoms with E-state index in [1.54, 1.807) is 38.1 Å². The molecule has 1 heterocycles. The first-order chi connectivity index (χ1) is 12.5. The smallest absolute Gasteiger partial charge is 0.357 e. The quantitative estimate of drug-likeness (QED) is 0.519. The van der Waals surface area contributed by atoms with Gasteiger partial charge in [-0.1, -0.05) is 12.1 Å². The summed E-state index contributed by atoms with van der Waals surface area (Å²) in [6.45, 7) is 2.95. The van der Waals surface area contributed by atoms with Crippen LogP contribution < -0.4 is 4.74 Å². The van der Waals surface area contributed by atoms with E-state index in [4.69, 9.17) is 18.9 Å². The number of pyridine rings is 1. The van der Waals surface area contributed by atoms with Crippen molar-refractivity contribution in [2.24, 2.45) is 0 Å². The average molecular weight is 361 g/mol. The van der Waals surface area contributed by atoms with E-state index >= 15 is 0 Å². The van der Waals surface area contributed by atoms with Gasteiger partial charge in [0.25, 0.3) is 0 Å². The molecule has 0 spiro atoms. The van der Waals surface area contributed by atoms with Crippen molar-refractivity contribution in [3.8, 4) is 5.75 Å². The first kappa shape index (κ1) is 19.2. The standard InChI is InChI=1S/C18H19NO7/c1-3-23-16(20)10-25-15-9-14(18(22)26-11-17(21)24-4-2)19-13-8-6-5-7-12(13)15/h5-9H,3-4,10-11H2,1-2H3. The molecule has 2 rings (SSSR count). The maximum absolute atomic E-state index is 12.2. The van der Waals surface area contributed by atoms with Crippen LogP contribution in [0.4, 0.5) is 0 Å². The van der Waals surface area contributed by atoms with Crippen molar-refractivity contribution in [1.29, 1.82) is 0 Å². The van der Waals surface area contributed by atoms with Gasteiger partial charge in [-0.25, -0.2) is 19.4 Å². The predicted molar refractivity (Wildman–Crippen MR) is 90.8 cm³/mol. The number of esters is 3. The second kappa shape index (κ2) is 9.36. The fourth-order valence-corrected chi connectivity index (χ4v) is 2.11. The predicted octanol–water partition coefficient (Wildman–Crippen LogP) is 1.90. The van der Waals surface area contributed by atoms with Crippen LogP contribution in [0.15, 0.2) is 30.3 Å². The van der Waals surface area contributed by atoms with Crippen molar-refractivity contribution < 1.29 is 33.3 Å². The highest BCUT2D eigenvalue weighted by Gasteiger charge is 2.16. The summed E-state index contributed by atoms with van der Waals surface area (Å²) >= 11 is 0. The van der Waals surface area contributed by atoms with Crippen LogP contribution in [0.2, 0.25) is 0 Å². The summed E-state index contributed by atoms with van der Waals surface area (Å²) in [6.07, 6.45) is 0. The number of nitrogens with zero attached hydrogens (tertiary/aromatic N) is 1. The summed E-state index contributed by atoms with van der Waals surface area (Å²) in [4.78, 5) is 39.2. The molecule has 138 valence electrons. The van der Waals surface area contributed by atoms with Gasteiger partial charge in [0.15, 0.2) is 18.9 Å². The summed E-state index contributed by atoms with van der Waals surface area (Å²) in [5.41, 5.74) is 0.434. The number of ether oxygens (including phenoxy) is 4. The van der Waals surface area contributed by atoms with Crippen LogP contribution in [0.25, 0.3) is 10.9 Å². The van der Waals surface area contributed by atoms with Crippen molar-refractivity contribution >= 4 is 28.8 Å². The van der Waals surface area contributed by atoms with Gasteiger partial charge < -0.3 is 18.9 Å². The maximum atomic E-state index is 12.2. The number of fused-ring (bicyclic) bond motifs is 1. The van der Waals surface area contributed by atoms with Crippen molar-refractivity contribution in [3.05, 3.63) is 36.0 Å². The number of carbonyl (C=O) groups excluding carboxylic acids is 3. The van der Waals surface area contributed by atoms with E-state index in [2.05, 4.69) is 4.98 Å². The summed E-state index contributed by atoms with van der Waals surface area (Å²) in [7, 11) is 0. The van der Waals surface area contributed by atoms with E-state index in [0.29, 0.717) is 10.9 Å². The first-order valence-corrected chi connectivity index (χ1v) is 8.06. The SMILES string of the molecule is CCOC(=O)COC(=O)c1cc(OCC(=O)OCC)c2ccccc2n1. The number of hydrogen-bond acceptors (Lipinski definition) is 8. The average Bonchev–Trinajstić information content (AvgIpc) is 2.64. The molecule has 1 aromatic heterocycles. The Bertz CT molecular complexity index is 803. The molecule has 26 heavy (non-hydrogen) atoms. The first-order valence-electron chi connectivity index (χ1n) is 8.06. The molecule has 0 amide bonds. The van der Waals surface area contributed by atoms with Crippen LogP contribution in [-0.4, -0.2) is 49.3 Å². The number of rotatable bonds is 8. The van der Waals surface area contributed by atoms with Crippen molar-refractivity contribution in [1.82, 2.24) is 4.98 Å². The molecule has 0 aliphatic rings. The Kier molecular flexibility index (Phi) is 6.90. The summed E-state index contributed by atoms with van der Waals surface area (Å²) in [6, 6.07) is 8.32. The van der Waals surface area contributed by atoms with Gasteiger partial charge in [0.2, 0.25) is 0 Å². The molecule has 0 aliphatic heterocycles. The molecular formula is C18H19NO7. The Morgan fingerprint density at radius 3 is 2.27 bits per heavy atom. The molecule has 8 heteroatoms. The molecule has 8 nitrogen and oxygen atoms in total. The molecule has 0 aliphatic carbocycles. The van der Waals surface area contributed by atoms with Crippen molar-refractivity contribution in [2.75, 3.05) is 26.4 Å². The van der Waals surface area contributed by atoms with Crippen LogP contribution in [0.5, 0.6) is 5.75 Å². The summed E-state index contributed by atoms with van der Waals surface area (Å²) < 4.78 is 19.9. The van der Waals surface area contributed by atoms with E-state index in [0.717, 1.165) is 0 Å². The molecule has 2 aromatic rings. The minimum Gasteiger partial charge on any atom is -0.481 e. The molecule has 0 bridgehead atoms. The summed E-state index contributed by atoms with van der Waals surface area (Å²) in [5, 5.41) is 0.624. The molecule has 0 saturated heterocycles. The molecular weight excluding hydrogens is 342 g/mol. The van der Waals surface area contributed by atoms with Crippen LogP contribution in [0, 0.1) is 0 Å². The maximum Gasteiger partial charge on any atom is 0.357 e. The van der Waals surface area contributed by atoms with E-state index < -0.39 is 24.5 Å². The Hall–Kier alpha value is -3.16. The monoisotopic (exact) mass is 361 g/mol. The van der Waals surface area contributed by atoms with Gasteiger partial charge in [0, 0.05) is 11.5 Å². The minimum atomic E-state index is -0.801. The van der Waals surface area contributed by atoms with Gasteiger partial charge in [-0.15, -0.1) is 0 Å². The highest BCUT2D eigenvalue weighted by Crippen LogP contribution is 2.25. The van der Waals surface area contributed by atoms with Gasteiger partial charge in [0.1, 0.15) is 5.75 Å². The largest absolute Gasteiger partial charge is 0.481 e. The van der Waals surface area contributed by atoms with Gasteiger partial charge in [0.05, 0.1) is 18.7 Å². The number of benzene rings is 1. The molecule has 0 radical (unpaired) electrons. The van der Waals surface area contributed by atoms with Gasteiger partial charge in [-0.3, -0.25) is 0 Å². The fraction of sp³-hybridized carbons (Fsp3) is 0.333. The highest BCUT2D eigenvalue weighted by atomic mass is 16.6. The number of carbonyl (C=O) groups is 3.